The fourth-order valence-corrected chi connectivity index (χ4v) is 2.37. The van der Waals surface area contributed by atoms with Gasteiger partial charge < -0.3 is 15.4 Å². The van der Waals surface area contributed by atoms with E-state index >= 15 is 0 Å². The van der Waals surface area contributed by atoms with Gasteiger partial charge in [-0.05, 0) is 13.1 Å². The van der Waals surface area contributed by atoms with Crippen LogP contribution in [0.1, 0.15) is 17.2 Å². The number of alkyl halides is 3. The smallest absolute Gasteiger partial charge is 0.417 e. The molecule has 1 amide bonds. The zero-order valence-corrected chi connectivity index (χ0v) is 14.7. The van der Waals surface area contributed by atoms with E-state index in [2.05, 4.69) is 20.7 Å². The number of amides is 1. The fourth-order valence-electron chi connectivity index (χ4n) is 2.15. The minimum atomic E-state index is -4.53. The van der Waals surface area contributed by atoms with Gasteiger partial charge in [-0.15, -0.1) is 0 Å². The van der Waals surface area contributed by atoms with Crippen LogP contribution in [0.15, 0.2) is 24.7 Å². The second-order valence-corrected chi connectivity index (χ2v) is 5.72. The molecule has 0 bridgehead atoms. The lowest BCUT2D eigenvalue weighted by atomic mass is 10.1. The second kappa shape index (κ2) is 8.37. The summed E-state index contributed by atoms with van der Waals surface area (Å²) in [6, 6.07) is 0.151. The van der Waals surface area contributed by atoms with Crippen LogP contribution in [0.5, 0.6) is 5.88 Å². The van der Waals surface area contributed by atoms with Crippen LogP contribution >= 0.6 is 11.6 Å². The Morgan fingerprint density at radius 3 is 2.69 bits per heavy atom. The molecule has 0 aliphatic heterocycles. The fraction of sp³-hybridized carbons (Fsp3) is 0.400. The summed E-state index contributed by atoms with van der Waals surface area (Å²) in [6.07, 6.45) is -0.608. The molecule has 0 aliphatic rings. The molecule has 0 radical (unpaired) electrons. The number of halogens is 4. The van der Waals surface area contributed by atoms with Gasteiger partial charge in [-0.3, -0.25) is 9.48 Å². The standard InChI is InChI=1S/C15H17ClF3N5O2/c1-20-12(9-6-23-24(2)8-9)13(25)21-3-4-26-14-11(16)5-10(7-22-14)15(17,18)19/h5-8,12,20H,3-4H2,1-2H3,(H,21,25). The number of aromatic nitrogens is 3. The predicted molar refractivity (Wildman–Crippen MR) is 87.8 cm³/mol. The Morgan fingerprint density at radius 2 is 2.15 bits per heavy atom. The Hall–Kier alpha value is -2.33. The van der Waals surface area contributed by atoms with Crippen molar-refractivity contribution in [1.29, 1.82) is 0 Å². The molecule has 2 rings (SSSR count). The van der Waals surface area contributed by atoms with Gasteiger partial charge in [0.25, 0.3) is 0 Å². The molecule has 2 N–H and O–H groups in total. The normalized spacial score (nSPS) is 12.7. The van der Waals surface area contributed by atoms with Crippen LogP contribution < -0.4 is 15.4 Å². The van der Waals surface area contributed by atoms with Crippen molar-refractivity contribution >= 4 is 17.5 Å². The first-order valence-corrected chi connectivity index (χ1v) is 7.89. The Balaban J connectivity index is 1.85. The van der Waals surface area contributed by atoms with E-state index in [4.69, 9.17) is 16.3 Å². The maximum atomic E-state index is 12.5. The van der Waals surface area contributed by atoms with Crippen LogP contribution in [0.25, 0.3) is 0 Å². The lowest BCUT2D eigenvalue weighted by Crippen LogP contribution is -2.37. The highest BCUT2D eigenvalue weighted by Crippen LogP contribution is 2.32. The molecule has 0 saturated heterocycles. The van der Waals surface area contributed by atoms with Crippen LogP contribution in [-0.4, -0.2) is 40.9 Å². The Labute approximate surface area is 152 Å². The van der Waals surface area contributed by atoms with Crippen LogP contribution in [0.4, 0.5) is 13.2 Å². The summed E-state index contributed by atoms with van der Waals surface area (Å²) in [7, 11) is 3.38. The number of likely N-dealkylation sites (N-methyl/N-ethyl adjacent to an activating group) is 1. The van der Waals surface area contributed by atoms with E-state index in [1.165, 1.54) is 0 Å². The number of rotatable bonds is 7. The van der Waals surface area contributed by atoms with Crippen molar-refractivity contribution in [3.8, 4) is 5.88 Å². The van der Waals surface area contributed by atoms with Crippen molar-refractivity contribution in [1.82, 2.24) is 25.4 Å². The summed E-state index contributed by atoms with van der Waals surface area (Å²) in [5.41, 5.74) is -0.266. The van der Waals surface area contributed by atoms with Crippen LogP contribution in [0.2, 0.25) is 5.02 Å². The van der Waals surface area contributed by atoms with E-state index in [-0.39, 0.29) is 30.0 Å². The van der Waals surface area contributed by atoms with Gasteiger partial charge in [0.05, 0.1) is 18.3 Å². The number of carbonyl (C=O) groups excluding carboxylic acids is 1. The summed E-state index contributed by atoms with van der Waals surface area (Å²) in [6.45, 7) is 0.115. The number of hydrogen-bond donors (Lipinski definition) is 2. The lowest BCUT2D eigenvalue weighted by Gasteiger charge is -2.15. The molecule has 0 fully saturated rings. The van der Waals surface area contributed by atoms with Gasteiger partial charge in [-0.25, -0.2) is 4.98 Å². The Kier molecular flexibility index (Phi) is 6.43. The molecule has 142 valence electrons. The van der Waals surface area contributed by atoms with Crippen LogP contribution in [-0.2, 0) is 18.0 Å². The van der Waals surface area contributed by atoms with E-state index in [0.29, 0.717) is 11.8 Å². The summed E-state index contributed by atoms with van der Waals surface area (Å²) < 4.78 is 44.4. The van der Waals surface area contributed by atoms with Crippen molar-refractivity contribution < 1.29 is 22.7 Å². The topological polar surface area (TPSA) is 81.1 Å². The monoisotopic (exact) mass is 391 g/mol. The highest BCUT2D eigenvalue weighted by atomic mass is 35.5. The van der Waals surface area contributed by atoms with Crippen molar-refractivity contribution in [2.45, 2.75) is 12.2 Å². The second-order valence-electron chi connectivity index (χ2n) is 5.32. The first kappa shape index (κ1) is 20.0. The lowest BCUT2D eigenvalue weighted by molar-refractivity contribution is -0.137. The Bertz CT molecular complexity index is 766. The number of nitrogens with zero attached hydrogens (tertiary/aromatic N) is 3. The minimum Gasteiger partial charge on any atom is -0.475 e. The Morgan fingerprint density at radius 1 is 1.42 bits per heavy atom. The molecule has 2 heterocycles. The molecule has 1 unspecified atom stereocenters. The molecule has 1 atom stereocenters. The van der Waals surface area contributed by atoms with E-state index in [0.717, 1.165) is 6.07 Å². The summed E-state index contributed by atoms with van der Waals surface area (Å²) in [4.78, 5) is 15.7. The number of ether oxygens (including phenoxy) is 1. The third-order valence-electron chi connectivity index (χ3n) is 3.38. The van der Waals surface area contributed by atoms with E-state index < -0.39 is 17.8 Å². The summed E-state index contributed by atoms with van der Waals surface area (Å²) >= 11 is 5.74. The number of pyridine rings is 1. The third kappa shape index (κ3) is 5.09. The zero-order chi connectivity index (χ0) is 19.3. The van der Waals surface area contributed by atoms with Crippen LogP contribution in [0, 0.1) is 0 Å². The van der Waals surface area contributed by atoms with E-state index in [1.807, 2.05) is 0 Å². The number of aryl methyl sites for hydroxylation is 1. The van der Waals surface area contributed by atoms with Gasteiger partial charge >= 0.3 is 6.18 Å². The van der Waals surface area contributed by atoms with Gasteiger partial charge in [-0.2, -0.15) is 18.3 Å². The average Bonchev–Trinajstić information content (AvgIpc) is 2.98. The highest BCUT2D eigenvalue weighted by molar-refractivity contribution is 6.31. The summed E-state index contributed by atoms with van der Waals surface area (Å²) in [5.74, 6) is -0.429. The first-order valence-electron chi connectivity index (χ1n) is 7.51. The number of hydrogen-bond acceptors (Lipinski definition) is 5. The maximum absolute atomic E-state index is 12.5. The first-order chi connectivity index (χ1) is 12.2. The van der Waals surface area contributed by atoms with Gasteiger partial charge in [0.15, 0.2) is 0 Å². The van der Waals surface area contributed by atoms with Gasteiger partial charge in [0.1, 0.15) is 17.7 Å². The molecule has 0 aromatic carbocycles. The minimum absolute atomic E-state index is 0.00665. The zero-order valence-electron chi connectivity index (χ0n) is 14.0. The van der Waals surface area contributed by atoms with E-state index in [9.17, 15) is 18.0 Å². The molecule has 7 nitrogen and oxygen atoms in total. The van der Waals surface area contributed by atoms with Gasteiger partial charge in [0.2, 0.25) is 11.8 Å². The quantitative estimate of drug-likeness (QED) is 0.705. The molecule has 11 heteroatoms. The number of carbonyl (C=O) groups is 1. The van der Waals surface area contributed by atoms with E-state index in [1.54, 1.807) is 31.2 Å². The molecule has 0 aliphatic carbocycles. The molecular weight excluding hydrogens is 375 g/mol. The van der Waals surface area contributed by atoms with Crippen molar-refractivity contribution in [3.05, 3.63) is 40.8 Å². The number of nitrogens with one attached hydrogen (secondary N) is 2. The molecule has 0 spiro atoms. The molecule has 26 heavy (non-hydrogen) atoms. The maximum Gasteiger partial charge on any atom is 0.417 e. The third-order valence-corrected chi connectivity index (χ3v) is 3.65. The summed E-state index contributed by atoms with van der Waals surface area (Å²) in [5, 5.41) is 9.28. The van der Waals surface area contributed by atoms with Crippen LogP contribution in [0.3, 0.4) is 0 Å². The van der Waals surface area contributed by atoms with Crippen molar-refractivity contribution in [2.75, 3.05) is 20.2 Å². The highest BCUT2D eigenvalue weighted by Gasteiger charge is 2.31. The molecular formula is C15H17ClF3N5O2. The van der Waals surface area contributed by atoms with Gasteiger partial charge in [-0.1, -0.05) is 11.6 Å². The average molecular weight is 392 g/mol. The molecule has 2 aromatic rings. The SMILES string of the molecule is CNC(C(=O)NCCOc1ncc(C(F)(F)F)cc1Cl)c1cnn(C)c1. The molecule has 2 aromatic heterocycles. The van der Waals surface area contributed by atoms with Crippen molar-refractivity contribution in [3.63, 3.8) is 0 Å². The van der Waals surface area contributed by atoms with Crippen molar-refractivity contribution in [2.24, 2.45) is 7.05 Å². The van der Waals surface area contributed by atoms with Gasteiger partial charge in [0, 0.05) is 25.0 Å². The molecule has 0 saturated carbocycles. The predicted octanol–water partition coefficient (Wildman–Crippen LogP) is 1.94. The largest absolute Gasteiger partial charge is 0.475 e.